The van der Waals surface area contributed by atoms with Crippen molar-refractivity contribution in [3.05, 3.63) is 134 Å². The van der Waals surface area contributed by atoms with E-state index in [0.29, 0.717) is 18.2 Å². The molecule has 0 bridgehead atoms. The van der Waals surface area contributed by atoms with E-state index in [9.17, 15) is 43.9 Å². The van der Waals surface area contributed by atoms with Gasteiger partial charge in [-0.2, -0.15) is 17.6 Å². The molecule has 2 nitrogen and oxygen atoms in total. The fraction of sp³-hybridized carbons (Fsp3) is 0.0625. The molecule has 0 spiro atoms. The minimum absolute atomic E-state index is 0.349. The van der Waals surface area contributed by atoms with E-state index in [2.05, 4.69) is 9.31 Å². The van der Waals surface area contributed by atoms with Crippen LogP contribution >= 0.6 is 0 Å². The Morgan fingerprint density at radius 1 is 0.418 bits per heavy atom. The maximum Gasteiger partial charge on any atom is 0.647 e. The largest absolute Gasteiger partial charge is 0.647 e. The Labute approximate surface area is 288 Å². The first-order chi connectivity index (χ1) is 25.5. The summed E-state index contributed by atoms with van der Waals surface area (Å²) in [4.78, 5) is 0. The SMILES string of the molecule is FC1=C(F)C(F)(B(Oc2c(F)c(F)c(F)c3c2C(F)(F)c2c(F)c(F)c(F)c(F)c2-3)Oc2c(F)c(F)c(F)c3c(F)cccc23)c2c(F)c(F)c(F)c(F)c21. The van der Waals surface area contributed by atoms with Gasteiger partial charge in [-0.25, -0.2) is 70.2 Å². The van der Waals surface area contributed by atoms with E-state index >= 15 is 43.9 Å². The molecule has 286 valence electrons. The zero-order valence-corrected chi connectivity index (χ0v) is 25.2. The lowest BCUT2D eigenvalue weighted by Gasteiger charge is -2.29. The minimum Gasteiger partial charge on any atom is -0.521 e. The molecule has 0 amide bonds. The Kier molecular flexibility index (Phi) is 8.17. The molecular weight excluding hydrogens is 807 g/mol. The van der Waals surface area contributed by atoms with Crippen molar-refractivity contribution in [2.75, 3.05) is 0 Å². The molecule has 0 N–H and O–H groups in total. The molecule has 0 saturated heterocycles. The molecule has 0 heterocycles. The molecule has 0 radical (unpaired) electrons. The van der Waals surface area contributed by atoms with Crippen LogP contribution in [-0.2, 0) is 11.5 Å². The molecular formula is C32H3BF20O2. The van der Waals surface area contributed by atoms with Crippen LogP contribution in [0.15, 0.2) is 24.0 Å². The summed E-state index contributed by atoms with van der Waals surface area (Å²) >= 11 is 0. The highest BCUT2D eigenvalue weighted by Crippen LogP contribution is 2.60. The summed E-state index contributed by atoms with van der Waals surface area (Å²) in [5.41, 5.74) is -21.3. The van der Waals surface area contributed by atoms with Gasteiger partial charge in [0, 0.05) is 22.1 Å². The van der Waals surface area contributed by atoms with Gasteiger partial charge in [-0.1, -0.05) is 12.1 Å². The van der Waals surface area contributed by atoms with Crippen LogP contribution in [-0.4, -0.2) is 7.12 Å². The van der Waals surface area contributed by atoms with Crippen molar-refractivity contribution < 1.29 is 97.1 Å². The third-order valence-corrected chi connectivity index (χ3v) is 8.63. The Morgan fingerprint density at radius 2 is 0.855 bits per heavy atom. The fourth-order valence-corrected chi connectivity index (χ4v) is 6.23. The number of rotatable bonds is 5. The lowest BCUT2D eigenvalue weighted by Crippen LogP contribution is -2.50. The summed E-state index contributed by atoms with van der Waals surface area (Å²) in [6.45, 7) is 0. The Bertz CT molecular complexity index is 2640. The topological polar surface area (TPSA) is 18.5 Å². The molecule has 0 aromatic heterocycles. The monoisotopic (exact) mass is 810 g/mol. The highest BCUT2D eigenvalue weighted by atomic mass is 19.3. The zero-order chi connectivity index (χ0) is 40.7. The van der Waals surface area contributed by atoms with Crippen molar-refractivity contribution in [2.24, 2.45) is 0 Å². The first-order valence-electron chi connectivity index (χ1n) is 14.2. The Morgan fingerprint density at radius 3 is 1.44 bits per heavy atom. The van der Waals surface area contributed by atoms with Gasteiger partial charge < -0.3 is 9.31 Å². The zero-order valence-electron chi connectivity index (χ0n) is 25.2. The second-order valence-corrected chi connectivity index (χ2v) is 11.4. The van der Waals surface area contributed by atoms with Crippen LogP contribution < -0.4 is 9.31 Å². The maximum atomic E-state index is 17.2. The Hall–Kier alpha value is -5.64. The van der Waals surface area contributed by atoms with E-state index < -0.39 is 173 Å². The van der Waals surface area contributed by atoms with E-state index in [1.165, 1.54) is 0 Å². The van der Waals surface area contributed by atoms with Crippen LogP contribution in [0.1, 0.15) is 22.3 Å². The normalized spacial score (nSPS) is 16.9. The molecule has 5 aromatic rings. The van der Waals surface area contributed by atoms with Crippen LogP contribution in [0.5, 0.6) is 11.5 Å². The van der Waals surface area contributed by atoms with Crippen LogP contribution in [0.4, 0.5) is 87.8 Å². The quantitative estimate of drug-likeness (QED) is 0.0762. The molecule has 2 aliphatic rings. The van der Waals surface area contributed by atoms with E-state index in [1.54, 1.807) is 0 Å². The molecule has 1 atom stereocenters. The number of allylic oxidation sites excluding steroid dienone is 1. The number of hydrogen-bond donors (Lipinski definition) is 0. The third kappa shape index (κ3) is 4.60. The van der Waals surface area contributed by atoms with E-state index in [4.69, 9.17) is 0 Å². The highest BCUT2D eigenvalue weighted by Gasteiger charge is 2.67. The van der Waals surface area contributed by atoms with E-state index in [-0.39, 0.29) is 0 Å². The number of halogens is 20. The summed E-state index contributed by atoms with van der Waals surface area (Å²) in [7, 11) is -4.49. The highest BCUT2D eigenvalue weighted by molar-refractivity contribution is 6.52. The van der Waals surface area contributed by atoms with Gasteiger partial charge >= 0.3 is 13.0 Å². The number of alkyl halides is 3. The van der Waals surface area contributed by atoms with Crippen LogP contribution in [0.3, 0.4) is 0 Å². The number of fused-ring (bicyclic) bond motifs is 5. The molecule has 5 aromatic carbocycles. The summed E-state index contributed by atoms with van der Waals surface area (Å²) in [6, 6.07) is 1.24. The van der Waals surface area contributed by atoms with Crippen LogP contribution in [0.25, 0.3) is 27.7 Å². The molecule has 0 fully saturated rings. The van der Waals surface area contributed by atoms with Gasteiger partial charge in [-0.3, -0.25) is 0 Å². The third-order valence-electron chi connectivity index (χ3n) is 8.63. The minimum atomic E-state index is -5.72. The molecule has 0 saturated carbocycles. The lowest BCUT2D eigenvalue weighted by atomic mass is 9.64. The van der Waals surface area contributed by atoms with Crippen molar-refractivity contribution in [1.29, 1.82) is 0 Å². The first kappa shape index (κ1) is 37.7. The molecule has 2 aliphatic carbocycles. The summed E-state index contributed by atoms with van der Waals surface area (Å²) in [5.74, 6) is -60.7. The van der Waals surface area contributed by atoms with Crippen molar-refractivity contribution in [3.8, 4) is 22.6 Å². The molecule has 7 rings (SSSR count). The molecule has 55 heavy (non-hydrogen) atoms. The lowest BCUT2D eigenvalue weighted by molar-refractivity contribution is 0.0401. The fourth-order valence-electron chi connectivity index (χ4n) is 6.23. The van der Waals surface area contributed by atoms with Crippen molar-refractivity contribution >= 4 is 23.7 Å². The summed E-state index contributed by atoms with van der Waals surface area (Å²) in [5, 5.41) is -3.13. The predicted molar refractivity (Wildman–Crippen MR) is 144 cm³/mol. The summed E-state index contributed by atoms with van der Waals surface area (Å²) in [6.07, 6.45) is 0. The molecule has 1 unspecified atom stereocenters. The van der Waals surface area contributed by atoms with Gasteiger partial charge in [0.1, 0.15) is 11.6 Å². The van der Waals surface area contributed by atoms with Gasteiger partial charge in [0.2, 0.25) is 11.6 Å². The van der Waals surface area contributed by atoms with Crippen LogP contribution in [0, 0.1) is 87.3 Å². The van der Waals surface area contributed by atoms with Crippen molar-refractivity contribution in [2.45, 2.75) is 11.5 Å². The average molecular weight is 810 g/mol. The summed E-state index contributed by atoms with van der Waals surface area (Å²) < 4.78 is 310. The van der Waals surface area contributed by atoms with Crippen molar-refractivity contribution in [1.82, 2.24) is 0 Å². The molecule has 0 aliphatic heterocycles. The standard InChI is InChI=1S/C32H3BF20O2/c34-5-3-1-2-4-6(5)13(35)22(44)26(48)28(4)54-33(31(51)10-9(17(39)30(31)50)16(38)21(43)24(46)18(10)40)55-29-12-8(15(37)23(45)27(29)49)7-11(32(12,52)53)19(41)25(47)20(42)14(7)36/h1-3H. The second kappa shape index (κ2) is 11.9. The number of benzene rings is 5. The second-order valence-electron chi connectivity index (χ2n) is 11.4. The smallest absolute Gasteiger partial charge is 0.521 e. The van der Waals surface area contributed by atoms with Gasteiger partial charge in [0.25, 0.3) is 5.57 Å². The van der Waals surface area contributed by atoms with E-state index in [1.807, 2.05) is 0 Å². The van der Waals surface area contributed by atoms with Gasteiger partial charge in [0.05, 0.1) is 22.1 Å². The Balaban J connectivity index is 1.59. The average Bonchev–Trinajstić information content (AvgIpc) is 3.51. The van der Waals surface area contributed by atoms with Gasteiger partial charge in [-0.15, -0.1) is 0 Å². The first-order valence-corrected chi connectivity index (χ1v) is 14.2. The number of hydrogen-bond acceptors (Lipinski definition) is 2. The van der Waals surface area contributed by atoms with Crippen LogP contribution in [0.2, 0.25) is 0 Å². The van der Waals surface area contributed by atoms with E-state index in [0.717, 1.165) is 0 Å². The van der Waals surface area contributed by atoms with Crippen molar-refractivity contribution in [3.63, 3.8) is 0 Å². The maximum absolute atomic E-state index is 17.2. The molecule has 23 heteroatoms. The predicted octanol–water partition coefficient (Wildman–Crippen LogP) is 11.0. The van der Waals surface area contributed by atoms with Gasteiger partial charge in [0.15, 0.2) is 87.2 Å². The van der Waals surface area contributed by atoms with Gasteiger partial charge in [-0.05, 0) is 6.07 Å².